The number of halogens is 3. The molecule has 0 fully saturated rings. The van der Waals surface area contributed by atoms with E-state index in [0.29, 0.717) is 0 Å². The van der Waals surface area contributed by atoms with Crippen LogP contribution in [0.25, 0.3) is 0 Å². The Bertz CT molecular complexity index is 474. The van der Waals surface area contributed by atoms with E-state index in [2.05, 4.69) is 5.32 Å². The lowest BCUT2D eigenvalue weighted by atomic mass is 10.3. The molecule has 1 unspecified atom stereocenters. The predicted molar refractivity (Wildman–Crippen MR) is 60.4 cm³/mol. The van der Waals surface area contributed by atoms with Crippen LogP contribution in [0.3, 0.4) is 0 Å². The van der Waals surface area contributed by atoms with Crippen LogP contribution in [0.5, 0.6) is 0 Å². The van der Waals surface area contributed by atoms with Gasteiger partial charge in [-0.1, -0.05) is 0 Å². The number of nitrogens with one attached hydrogen (secondary N) is 2. The molecule has 0 bridgehead atoms. The number of aliphatic hydroxyl groups excluding tert-OH is 1. The highest BCUT2D eigenvalue weighted by Gasteiger charge is 2.38. The third-order valence-corrected chi connectivity index (χ3v) is 2.79. The summed E-state index contributed by atoms with van der Waals surface area (Å²) in [6.07, 6.45) is -7.51. The van der Waals surface area contributed by atoms with Crippen LogP contribution in [0.15, 0.2) is 11.4 Å². The van der Waals surface area contributed by atoms with Gasteiger partial charge in [0.2, 0.25) is 0 Å². The first kappa shape index (κ1) is 15.2. The zero-order valence-electron chi connectivity index (χ0n) is 9.19. The number of carbonyl (C=O) groups is 2. The Morgan fingerprint density at radius 2 is 2.05 bits per heavy atom. The van der Waals surface area contributed by atoms with E-state index in [1.807, 2.05) is 0 Å². The van der Waals surface area contributed by atoms with Crippen molar-refractivity contribution >= 4 is 28.3 Å². The summed E-state index contributed by atoms with van der Waals surface area (Å²) >= 11 is 0.909. The normalized spacial score (nSPS) is 12.8. The van der Waals surface area contributed by atoms with Gasteiger partial charge in [0.15, 0.2) is 6.10 Å². The van der Waals surface area contributed by atoms with Crippen LogP contribution in [0, 0.1) is 0 Å². The smallest absolute Gasteiger partial charge is 0.416 e. The molecule has 0 aliphatic heterocycles. The minimum atomic E-state index is -4.83. The topological polar surface area (TPSA) is 98.7 Å². The van der Waals surface area contributed by atoms with Gasteiger partial charge in [-0.05, 0) is 11.4 Å². The van der Waals surface area contributed by atoms with E-state index in [4.69, 9.17) is 10.2 Å². The van der Waals surface area contributed by atoms with Gasteiger partial charge in [0.05, 0.1) is 12.1 Å². The first-order chi connectivity index (χ1) is 8.71. The van der Waals surface area contributed by atoms with Crippen LogP contribution in [0.2, 0.25) is 0 Å². The van der Waals surface area contributed by atoms with Crippen molar-refractivity contribution in [2.45, 2.75) is 12.3 Å². The van der Waals surface area contributed by atoms with E-state index in [1.165, 1.54) is 11.4 Å². The molecule has 2 amide bonds. The van der Waals surface area contributed by atoms with Crippen molar-refractivity contribution in [1.82, 2.24) is 5.32 Å². The third-order valence-electron chi connectivity index (χ3n) is 1.96. The molecule has 0 aromatic carbocycles. The number of aliphatic hydroxyl groups is 1. The zero-order valence-corrected chi connectivity index (χ0v) is 10.0. The van der Waals surface area contributed by atoms with E-state index >= 15 is 0 Å². The summed E-state index contributed by atoms with van der Waals surface area (Å²) in [5, 5.41) is 22.7. The van der Waals surface area contributed by atoms with E-state index in [9.17, 15) is 22.8 Å². The lowest BCUT2D eigenvalue weighted by Crippen LogP contribution is -2.42. The molecule has 0 aliphatic carbocycles. The number of hydrogen-bond donors (Lipinski definition) is 4. The summed E-state index contributed by atoms with van der Waals surface area (Å²) < 4.78 is 35.8. The molecule has 1 aromatic heterocycles. The van der Waals surface area contributed by atoms with Crippen LogP contribution in [0.1, 0.15) is 10.4 Å². The van der Waals surface area contributed by atoms with E-state index in [0.717, 1.165) is 11.3 Å². The molecule has 1 rings (SSSR count). The Hall–Kier alpha value is -1.81. The number of hydrogen-bond acceptors (Lipinski definition) is 4. The van der Waals surface area contributed by atoms with E-state index in [1.54, 1.807) is 5.32 Å². The van der Waals surface area contributed by atoms with Crippen molar-refractivity contribution in [3.63, 3.8) is 0 Å². The van der Waals surface area contributed by atoms with Crippen molar-refractivity contribution in [1.29, 1.82) is 0 Å². The van der Waals surface area contributed by atoms with E-state index in [-0.39, 0.29) is 10.6 Å². The number of urea groups is 1. The highest BCUT2D eigenvalue weighted by atomic mass is 32.1. The van der Waals surface area contributed by atoms with Gasteiger partial charge in [-0.2, -0.15) is 13.2 Å². The molecular formula is C9H9F3N2O4S. The predicted octanol–water partition coefficient (Wildman–Crippen LogP) is 1.49. The van der Waals surface area contributed by atoms with Crippen molar-refractivity contribution < 1.29 is 33.0 Å². The number of alkyl halides is 3. The molecule has 0 saturated carbocycles. The lowest BCUT2D eigenvalue weighted by molar-refractivity contribution is -0.201. The number of rotatable bonds is 4. The van der Waals surface area contributed by atoms with Gasteiger partial charge in [0, 0.05) is 0 Å². The van der Waals surface area contributed by atoms with Crippen molar-refractivity contribution in [2.75, 3.05) is 11.9 Å². The third kappa shape index (κ3) is 4.41. The molecule has 106 valence electrons. The SMILES string of the molecule is O=C(NCC(O)C(F)(F)F)Nc1sccc1C(=O)O. The Morgan fingerprint density at radius 1 is 1.42 bits per heavy atom. The fourth-order valence-electron chi connectivity index (χ4n) is 1.03. The number of anilines is 1. The molecule has 0 saturated heterocycles. The largest absolute Gasteiger partial charge is 0.478 e. The molecule has 6 nitrogen and oxygen atoms in total. The van der Waals surface area contributed by atoms with E-state index < -0.39 is 30.8 Å². The molecule has 0 spiro atoms. The van der Waals surface area contributed by atoms with Crippen LogP contribution < -0.4 is 10.6 Å². The molecule has 0 aliphatic rings. The maximum absolute atomic E-state index is 11.9. The van der Waals surface area contributed by atoms with Crippen molar-refractivity contribution in [2.24, 2.45) is 0 Å². The number of amides is 2. The summed E-state index contributed by atoms with van der Waals surface area (Å²) in [5.41, 5.74) is -0.170. The second-order valence-electron chi connectivity index (χ2n) is 3.36. The maximum atomic E-state index is 11.9. The summed E-state index contributed by atoms with van der Waals surface area (Å²) in [6.45, 7) is -1.02. The molecule has 1 atom stereocenters. The van der Waals surface area contributed by atoms with Crippen molar-refractivity contribution in [3.8, 4) is 0 Å². The quantitative estimate of drug-likeness (QED) is 0.677. The molecule has 4 N–H and O–H groups in total. The van der Waals surface area contributed by atoms with Crippen molar-refractivity contribution in [3.05, 3.63) is 17.0 Å². The molecule has 1 heterocycles. The van der Waals surface area contributed by atoms with Gasteiger partial charge in [-0.25, -0.2) is 9.59 Å². The van der Waals surface area contributed by atoms with Gasteiger partial charge >= 0.3 is 18.2 Å². The highest BCUT2D eigenvalue weighted by molar-refractivity contribution is 7.14. The number of carbonyl (C=O) groups excluding carboxylic acids is 1. The van der Waals surface area contributed by atoms with Crippen LogP contribution in [-0.2, 0) is 0 Å². The average Bonchev–Trinajstić information content (AvgIpc) is 2.72. The lowest BCUT2D eigenvalue weighted by Gasteiger charge is -2.15. The minimum absolute atomic E-state index is 0.00787. The van der Waals surface area contributed by atoms with Gasteiger partial charge in [-0.15, -0.1) is 11.3 Å². The fraction of sp³-hybridized carbons (Fsp3) is 0.333. The Labute approximate surface area is 108 Å². The molecule has 1 aromatic rings. The average molecular weight is 298 g/mol. The molecule has 10 heteroatoms. The van der Waals surface area contributed by atoms with Gasteiger partial charge in [0.25, 0.3) is 0 Å². The Balaban J connectivity index is 2.52. The number of aromatic carboxylic acids is 1. The standard InChI is InChI=1S/C9H9F3N2O4S/c10-9(11,12)5(15)3-13-8(18)14-6-4(7(16)17)1-2-19-6/h1-2,5,15H,3H2,(H,16,17)(H2,13,14,18). The monoisotopic (exact) mass is 298 g/mol. The zero-order chi connectivity index (χ0) is 14.6. The summed E-state index contributed by atoms with van der Waals surface area (Å²) in [6, 6.07) is 0.209. The summed E-state index contributed by atoms with van der Waals surface area (Å²) in [7, 11) is 0. The number of carboxylic acids is 1. The van der Waals surface area contributed by atoms with Crippen LogP contribution in [-0.4, -0.2) is 41.0 Å². The first-order valence-corrected chi connectivity index (χ1v) is 5.70. The van der Waals surface area contributed by atoms with Crippen LogP contribution >= 0.6 is 11.3 Å². The van der Waals surface area contributed by atoms with Gasteiger partial charge < -0.3 is 15.5 Å². The van der Waals surface area contributed by atoms with Crippen LogP contribution in [0.4, 0.5) is 23.0 Å². The summed E-state index contributed by atoms with van der Waals surface area (Å²) in [5.74, 6) is -1.27. The fourth-order valence-corrected chi connectivity index (χ4v) is 1.80. The second-order valence-corrected chi connectivity index (χ2v) is 4.28. The molecule has 19 heavy (non-hydrogen) atoms. The van der Waals surface area contributed by atoms with Gasteiger partial charge in [-0.3, -0.25) is 5.32 Å². The Kier molecular flexibility index (Phi) is 4.72. The molecule has 0 radical (unpaired) electrons. The highest BCUT2D eigenvalue weighted by Crippen LogP contribution is 2.23. The first-order valence-electron chi connectivity index (χ1n) is 4.82. The summed E-state index contributed by atoms with van der Waals surface area (Å²) in [4.78, 5) is 21.9. The maximum Gasteiger partial charge on any atom is 0.416 e. The minimum Gasteiger partial charge on any atom is -0.478 e. The van der Waals surface area contributed by atoms with Gasteiger partial charge in [0.1, 0.15) is 5.00 Å². The number of carboxylic acid groups (broad SMARTS) is 1. The molecular weight excluding hydrogens is 289 g/mol. The second kappa shape index (κ2) is 5.89. The number of thiophene rings is 1. The Morgan fingerprint density at radius 3 is 2.58 bits per heavy atom.